The van der Waals surface area contributed by atoms with E-state index in [2.05, 4.69) is 24.1 Å². The first kappa shape index (κ1) is 14.4. The maximum atomic E-state index is 12.7. The SMILES string of the molecule is CC(C)c1csc(NC(=O)/C=C/c2ccc(F)cc2)n1. The van der Waals surface area contributed by atoms with Crippen molar-refractivity contribution in [3.05, 3.63) is 52.8 Å². The summed E-state index contributed by atoms with van der Waals surface area (Å²) < 4.78 is 12.7. The first-order valence-electron chi connectivity index (χ1n) is 6.24. The molecule has 2 rings (SSSR count). The fourth-order valence-electron chi connectivity index (χ4n) is 1.50. The second-order valence-corrected chi connectivity index (χ2v) is 5.46. The summed E-state index contributed by atoms with van der Waals surface area (Å²) in [6.45, 7) is 4.10. The van der Waals surface area contributed by atoms with Gasteiger partial charge in [-0.2, -0.15) is 0 Å². The molecule has 0 saturated heterocycles. The van der Waals surface area contributed by atoms with Gasteiger partial charge >= 0.3 is 0 Å². The first-order valence-corrected chi connectivity index (χ1v) is 7.12. The van der Waals surface area contributed by atoms with Gasteiger partial charge in [0.15, 0.2) is 5.13 Å². The van der Waals surface area contributed by atoms with E-state index >= 15 is 0 Å². The summed E-state index contributed by atoms with van der Waals surface area (Å²) in [6, 6.07) is 5.93. The summed E-state index contributed by atoms with van der Waals surface area (Å²) in [5.74, 6) is -0.207. The van der Waals surface area contributed by atoms with Gasteiger partial charge in [0.05, 0.1) is 5.69 Å². The molecule has 1 N–H and O–H groups in total. The quantitative estimate of drug-likeness (QED) is 0.863. The number of amides is 1. The van der Waals surface area contributed by atoms with Gasteiger partial charge in [-0.3, -0.25) is 10.1 Å². The number of carbonyl (C=O) groups excluding carboxylic acids is 1. The molecule has 5 heteroatoms. The van der Waals surface area contributed by atoms with Crippen LogP contribution >= 0.6 is 11.3 Å². The van der Waals surface area contributed by atoms with Crippen molar-refractivity contribution in [1.82, 2.24) is 4.98 Å². The van der Waals surface area contributed by atoms with Crippen LogP contribution < -0.4 is 5.32 Å². The van der Waals surface area contributed by atoms with E-state index in [-0.39, 0.29) is 11.7 Å². The van der Waals surface area contributed by atoms with Crippen LogP contribution in [0.3, 0.4) is 0 Å². The van der Waals surface area contributed by atoms with Gasteiger partial charge in [-0.1, -0.05) is 26.0 Å². The molecule has 1 aromatic carbocycles. The molecule has 0 aliphatic heterocycles. The minimum Gasteiger partial charge on any atom is -0.298 e. The highest BCUT2D eigenvalue weighted by molar-refractivity contribution is 7.14. The largest absolute Gasteiger partial charge is 0.298 e. The molecule has 2 aromatic rings. The van der Waals surface area contributed by atoms with E-state index in [0.29, 0.717) is 11.0 Å². The van der Waals surface area contributed by atoms with Crippen molar-refractivity contribution in [2.24, 2.45) is 0 Å². The van der Waals surface area contributed by atoms with E-state index in [1.807, 2.05) is 5.38 Å². The van der Waals surface area contributed by atoms with Gasteiger partial charge in [0.1, 0.15) is 5.82 Å². The number of hydrogen-bond acceptors (Lipinski definition) is 3. The maximum absolute atomic E-state index is 12.7. The lowest BCUT2D eigenvalue weighted by molar-refractivity contribution is -0.111. The average Bonchev–Trinajstić information content (AvgIpc) is 2.87. The number of aromatic nitrogens is 1. The molecule has 3 nitrogen and oxygen atoms in total. The number of nitrogens with zero attached hydrogens (tertiary/aromatic N) is 1. The van der Waals surface area contributed by atoms with Crippen molar-refractivity contribution in [1.29, 1.82) is 0 Å². The van der Waals surface area contributed by atoms with Gasteiger partial charge in [-0.15, -0.1) is 11.3 Å². The summed E-state index contributed by atoms with van der Waals surface area (Å²) in [5, 5.41) is 5.23. The normalized spacial score (nSPS) is 11.2. The zero-order valence-corrected chi connectivity index (χ0v) is 12.1. The molecule has 0 saturated carbocycles. The molecule has 0 radical (unpaired) electrons. The average molecular weight is 290 g/mol. The van der Waals surface area contributed by atoms with E-state index in [9.17, 15) is 9.18 Å². The molecule has 20 heavy (non-hydrogen) atoms. The van der Waals surface area contributed by atoms with Crippen LogP contribution in [-0.4, -0.2) is 10.9 Å². The van der Waals surface area contributed by atoms with Crippen LogP contribution in [0.2, 0.25) is 0 Å². The summed E-state index contributed by atoms with van der Waals surface area (Å²) in [6.07, 6.45) is 3.04. The number of rotatable bonds is 4. The topological polar surface area (TPSA) is 42.0 Å². The van der Waals surface area contributed by atoms with Crippen molar-refractivity contribution in [2.45, 2.75) is 19.8 Å². The number of anilines is 1. The highest BCUT2D eigenvalue weighted by Gasteiger charge is 2.06. The van der Waals surface area contributed by atoms with Gasteiger partial charge in [-0.25, -0.2) is 9.37 Å². The number of hydrogen-bond donors (Lipinski definition) is 1. The molecule has 1 amide bonds. The lowest BCUT2D eigenvalue weighted by Crippen LogP contribution is -2.07. The number of halogens is 1. The minimum atomic E-state index is -0.296. The standard InChI is InChI=1S/C15H15FN2OS/c1-10(2)13-9-20-15(17-13)18-14(19)8-5-11-3-6-12(16)7-4-11/h3-10H,1-2H3,(H,17,18,19)/b8-5+. The highest BCUT2D eigenvalue weighted by atomic mass is 32.1. The van der Waals surface area contributed by atoms with Crippen LogP contribution in [0.5, 0.6) is 0 Å². The molecule has 0 aliphatic rings. The molecular formula is C15H15FN2OS. The number of thiazole rings is 1. The molecule has 0 bridgehead atoms. The van der Waals surface area contributed by atoms with Gasteiger partial charge in [0.2, 0.25) is 5.91 Å². The second kappa shape index (κ2) is 6.43. The Kier molecular flexibility index (Phi) is 4.63. The second-order valence-electron chi connectivity index (χ2n) is 4.61. The molecule has 0 fully saturated rings. The molecule has 104 valence electrons. The zero-order valence-electron chi connectivity index (χ0n) is 11.3. The third-order valence-electron chi connectivity index (χ3n) is 2.64. The molecule has 0 atom stereocenters. The maximum Gasteiger partial charge on any atom is 0.250 e. The van der Waals surface area contributed by atoms with E-state index < -0.39 is 0 Å². The molecule has 0 aliphatic carbocycles. The predicted octanol–water partition coefficient (Wildman–Crippen LogP) is 4.06. The van der Waals surface area contributed by atoms with Crippen LogP contribution in [0.15, 0.2) is 35.7 Å². The Hall–Kier alpha value is -2.01. The van der Waals surface area contributed by atoms with Crippen molar-refractivity contribution >= 4 is 28.5 Å². The molecule has 1 aromatic heterocycles. The number of benzene rings is 1. The monoisotopic (exact) mass is 290 g/mol. The van der Waals surface area contributed by atoms with Crippen LogP contribution in [0.25, 0.3) is 6.08 Å². The van der Waals surface area contributed by atoms with Crippen LogP contribution in [0.1, 0.15) is 31.0 Å². The van der Waals surface area contributed by atoms with E-state index in [1.54, 1.807) is 18.2 Å². The van der Waals surface area contributed by atoms with Gasteiger partial charge in [0, 0.05) is 11.5 Å². The first-order chi connectivity index (χ1) is 9.54. The Morgan fingerprint density at radius 1 is 1.35 bits per heavy atom. The number of nitrogens with one attached hydrogen (secondary N) is 1. The van der Waals surface area contributed by atoms with Crippen molar-refractivity contribution in [3.63, 3.8) is 0 Å². The molecular weight excluding hydrogens is 275 g/mol. The van der Waals surface area contributed by atoms with Crippen LogP contribution in [0, 0.1) is 5.82 Å². The van der Waals surface area contributed by atoms with Crippen LogP contribution in [-0.2, 0) is 4.79 Å². The Labute approximate surface area is 121 Å². The van der Waals surface area contributed by atoms with E-state index in [0.717, 1.165) is 11.3 Å². The summed E-state index contributed by atoms with van der Waals surface area (Å²) in [4.78, 5) is 16.0. The predicted molar refractivity (Wildman–Crippen MR) is 80.3 cm³/mol. The Balaban J connectivity index is 1.96. The van der Waals surface area contributed by atoms with Gasteiger partial charge in [-0.05, 0) is 29.7 Å². The van der Waals surface area contributed by atoms with E-state index in [4.69, 9.17) is 0 Å². The Morgan fingerprint density at radius 2 is 2.05 bits per heavy atom. The zero-order chi connectivity index (χ0) is 14.5. The van der Waals surface area contributed by atoms with Gasteiger partial charge < -0.3 is 0 Å². The van der Waals surface area contributed by atoms with Crippen molar-refractivity contribution < 1.29 is 9.18 Å². The lowest BCUT2D eigenvalue weighted by Gasteiger charge is -1.98. The molecule has 0 spiro atoms. The molecule has 0 unspecified atom stereocenters. The third-order valence-corrected chi connectivity index (χ3v) is 3.42. The van der Waals surface area contributed by atoms with Crippen LogP contribution in [0.4, 0.5) is 9.52 Å². The van der Waals surface area contributed by atoms with E-state index in [1.165, 1.54) is 29.5 Å². The lowest BCUT2D eigenvalue weighted by atomic mass is 10.2. The highest BCUT2D eigenvalue weighted by Crippen LogP contribution is 2.21. The summed E-state index contributed by atoms with van der Waals surface area (Å²) in [5.41, 5.74) is 1.73. The van der Waals surface area contributed by atoms with Crippen molar-refractivity contribution in [2.75, 3.05) is 5.32 Å². The number of carbonyl (C=O) groups is 1. The summed E-state index contributed by atoms with van der Waals surface area (Å²) in [7, 11) is 0. The summed E-state index contributed by atoms with van der Waals surface area (Å²) >= 11 is 1.40. The van der Waals surface area contributed by atoms with Crippen molar-refractivity contribution in [3.8, 4) is 0 Å². The molecule has 1 heterocycles. The minimum absolute atomic E-state index is 0.251. The Morgan fingerprint density at radius 3 is 2.65 bits per heavy atom. The van der Waals surface area contributed by atoms with Gasteiger partial charge in [0.25, 0.3) is 0 Å². The smallest absolute Gasteiger partial charge is 0.250 e. The Bertz CT molecular complexity index is 617. The fraction of sp³-hybridized carbons (Fsp3) is 0.200. The fourth-order valence-corrected chi connectivity index (χ4v) is 2.38. The third kappa shape index (κ3) is 3.99.